The number of nitrogens with one attached hydrogen (secondary N) is 1. The third-order valence-electron chi connectivity index (χ3n) is 2.68. The van der Waals surface area contributed by atoms with Crippen molar-refractivity contribution in [3.05, 3.63) is 48.3 Å². The molecule has 7 nitrogen and oxygen atoms in total. The number of carboxylic acids is 1. The molecule has 0 saturated heterocycles. The predicted octanol–water partition coefficient (Wildman–Crippen LogP) is 0.0476. The van der Waals surface area contributed by atoms with Crippen molar-refractivity contribution in [3.63, 3.8) is 0 Å². The van der Waals surface area contributed by atoms with Gasteiger partial charge in [0, 0.05) is 18.0 Å². The standard InChI is InChI=1S/C13H13N3O4/c17-8-11(13(19)20)15-12(18)9-2-4-10(5-3-9)16-7-1-6-14-16/h1-7,11,17H,8H2,(H,15,18)(H,19,20)/t11-/m1/s1. The van der Waals surface area contributed by atoms with E-state index in [1.807, 2.05) is 0 Å². The van der Waals surface area contributed by atoms with Gasteiger partial charge in [-0.2, -0.15) is 5.10 Å². The van der Waals surface area contributed by atoms with Crippen LogP contribution >= 0.6 is 0 Å². The van der Waals surface area contributed by atoms with Gasteiger partial charge in [-0.1, -0.05) is 0 Å². The van der Waals surface area contributed by atoms with Crippen molar-refractivity contribution in [1.82, 2.24) is 15.1 Å². The fourth-order valence-corrected chi connectivity index (χ4v) is 1.61. The summed E-state index contributed by atoms with van der Waals surface area (Å²) in [6.45, 7) is -0.660. The van der Waals surface area contributed by atoms with Crippen molar-refractivity contribution in [3.8, 4) is 5.69 Å². The molecular formula is C13H13N3O4. The fraction of sp³-hybridized carbons (Fsp3) is 0.154. The molecular weight excluding hydrogens is 262 g/mol. The first-order chi connectivity index (χ1) is 9.61. The lowest BCUT2D eigenvalue weighted by Crippen LogP contribution is -2.43. The first-order valence-electron chi connectivity index (χ1n) is 5.86. The summed E-state index contributed by atoms with van der Waals surface area (Å²) in [7, 11) is 0. The first-order valence-corrected chi connectivity index (χ1v) is 5.86. The summed E-state index contributed by atoms with van der Waals surface area (Å²) in [4.78, 5) is 22.5. The van der Waals surface area contributed by atoms with Crippen LogP contribution in [-0.2, 0) is 4.79 Å². The van der Waals surface area contributed by atoms with Crippen molar-refractivity contribution in [2.45, 2.75) is 6.04 Å². The molecule has 0 radical (unpaired) electrons. The average molecular weight is 275 g/mol. The molecule has 0 bridgehead atoms. The van der Waals surface area contributed by atoms with E-state index in [1.54, 1.807) is 47.4 Å². The topological polar surface area (TPSA) is 104 Å². The Hall–Kier alpha value is -2.67. The van der Waals surface area contributed by atoms with E-state index in [4.69, 9.17) is 10.2 Å². The van der Waals surface area contributed by atoms with E-state index in [0.717, 1.165) is 5.69 Å². The molecule has 0 spiro atoms. The summed E-state index contributed by atoms with van der Waals surface area (Å²) in [6, 6.07) is 6.96. The number of aromatic nitrogens is 2. The Morgan fingerprint density at radius 2 is 2.00 bits per heavy atom. The Labute approximate surface area is 114 Å². The Morgan fingerprint density at radius 3 is 2.50 bits per heavy atom. The van der Waals surface area contributed by atoms with Crippen LogP contribution in [0.5, 0.6) is 0 Å². The molecule has 2 aromatic rings. The van der Waals surface area contributed by atoms with Gasteiger partial charge in [0.1, 0.15) is 0 Å². The molecule has 1 aromatic carbocycles. The van der Waals surface area contributed by atoms with Crippen LogP contribution < -0.4 is 5.32 Å². The average Bonchev–Trinajstić information content (AvgIpc) is 2.98. The van der Waals surface area contributed by atoms with Gasteiger partial charge in [-0.25, -0.2) is 9.48 Å². The lowest BCUT2D eigenvalue weighted by molar-refractivity contribution is -0.140. The lowest BCUT2D eigenvalue weighted by atomic mass is 10.2. The molecule has 1 atom stereocenters. The van der Waals surface area contributed by atoms with Crippen LogP contribution in [0.4, 0.5) is 0 Å². The smallest absolute Gasteiger partial charge is 0.328 e. The number of carbonyl (C=O) groups excluding carboxylic acids is 1. The number of hydrogen-bond donors (Lipinski definition) is 3. The molecule has 0 aliphatic heterocycles. The Balaban J connectivity index is 2.10. The third kappa shape index (κ3) is 3.01. The van der Waals surface area contributed by atoms with Crippen LogP contribution in [0.25, 0.3) is 5.69 Å². The van der Waals surface area contributed by atoms with Gasteiger partial charge in [0.05, 0.1) is 12.3 Å². The van der Waals surface area contributed by atoms with Crippen LogP contribution in [0.1, 0.15) is 10.4 Å². The summed E-state index contributed by atoms with van der Waals surface area (Å²) < 4.78 is 1.63. The molecule has 2 rings (SSSR count). The van der Waals surface area contributed by atoms with E-state index < -0.39 is 24.5 Å². The Morgan fingerprint density at radius 1 is 1.30 bits per heavy atom. The highest BCUT2D eigenvalue weighted by Crippen LogP contribution is 2.08. The monoisotopic (exact) mass is 275 g/mol. The SMILES string of the molecule is O=C(N[C@H](CO)C(=O)O)c1ccc(-n2cccn2)cc1. The van der Waals surface area contributed by atoms with Gasteiger partial charge in [0.2, 0.25) is 0 Å². The quantitative estimate of drug-likeness (QED) is 0.715. The van der Waals surface area contributed by atoms with E-state index in [1.165, 1.54) is 0 Å². The first kappa shape index (κ1) is 13.8. The molecule has 7 heteroatoms. The van der Waals surface area contributed by atoms with Gasteiger partial charge < -0.3 is 15.5 Å². The van der Waals surface area contributed by atoms with E-state index in [9.17, 15) is 9.59 Å². The van der Waals surface area contributed by atoms with Crippen molar-refractivity contribution < 1.29 is 19.8 Å². The highest BCUT2D eigenvalue weighted by atomic mass is 16.4. The molecule has 0 aliphatic carbocycles. The van der Waals surface area contributed by atoms with Crippen LogP contribution in [-0.4, -0.2) is 44.5 Å². The van der Waals surface area contributed by atoms with Gasteiger partial charge in [0.15, 0.2) is 6.04 Å². The van der Waals surface area contributed by atoms with Gasteiger partial charge >= 0.3 is 5.97 Å². The van der Waals surface area contributed by atoms with Crippen molar-refractivity contribution in [2.75, 3.05) is 6.61 Å². The molecule has 20 heavy (non-hydrogen) atoms. The second-order valence-electron chi connectivity index (χ2n) is 4.04. The summed E-state index contributed by atoms with van der Waals surface area (Å²) >= 11 is 0. The van der Waals surface area contributed by atoms with Crippen LogP contribution in [0.3, 0.4) is 0 Å². The number of amides is 1. The van der Waals surface area contributed by atoms with Crippen molar-refractivity contribution >= 4 is 11.9 Å². The molecule has 104 valence electrons. The van der Waals surface area contributed by atoms with E-state index in [2.05, 4.69) is 10.4 Å². The minimum Gasteiger partial charge on any atom is -0.480 e. The maximum absolute atomic E-state index is 11.8. The number of carboxylic acid groups (broad SMARTS) is 1. The maximum Gasteiger partial charge on any atom is 0.328 e. The van der Waals surface area contributed by atoms with E-state index >= 15 is 0 Å². The van der Waals surface area contributed by atoms with Gasteiger partial charge in [0.25, 0.3) is 5.91 Å². The molecule has 3 N–H and O–H groups in total. The number of aliphatic hydroxyl groups excluding tert-OH is 1. The maximum atomic E-state index is 11.8. The number of hydrogen-bond acceptors (Lipinski definition) is 4. The number of aliphatic carboxylic acids is 1. The largest absolute Gasteiger partial charge is 0.480 e. The molecule has 1 heterocycles. The van der Waals surface area contributed by atoms with E-state index in [0.29, 0.717) is 5.56 Å². The Bertz CT molecular complexity index is 593. The number of nitrogens with zero attached hydrogens (tertiary/aromatic N) is 2. The predicted molar refractivity (Wildman–Crippen MR) is 69.5 cm³/mol. The number of rotatable bonds is 5. The van der Waals surface area contributed by atoms with Crippen molar-refractivity contribution in [2.24, 2.45) is 0 Å². The van der Waals surface area contributed by atoms with E-state index in [-0.39, 0.29) is 0 Å². The molecule has 1 aromatic heterocycles. The highest BCUT2D eigenvalue weighted by molar-refractivity contribution is 5.96. The lowest BCUT2D eigenvalue weighted by Gasteiger charge is -2.11. The second-order valence-corrected chi connectivity index (χ2v) is 4.04. The van der Waals surface area contributed by atoms with Crippen LogP contribution in [0.15, 0.2) is 42.7 Å². The minimum absolute atomic E-state index is 0.306. The summed E-state index contributed by atoms with van der Waals surface area (Å²) in [5.74, 6) is -1.84. The minimum atomic E-state index is -1.31. The van der Waals surface area contributed by atoms with Crippen molar-refractivity contribution in [1.29, 1.82) is 0 Å². The zero-order chi connectivity index (χ0) is 14.5. The fourth-order valence-electron chi connectivity index (χ4n) is 1.61. The van der Waals surface area contributed by atoms with Crippen LogP contribution in [0, 0.1) is 0 Å². The third-order valence-corrected chi connectivity index (χ3v) is 2.68. The summed E-state index contributed by atoms with van der Waals surface area (Å²) in [6.07, 6.45) is 3.40. The van der Waals surface area contributed by atoms with Gasteiger partial charge in [-0.05, 0) is 30.3 Å². The zero-order valence-corrected chi connectivity index (χ0v) is 10.4. The summed E-state index contributed by atoms with van der Waals surface area (Å²) in [5, 5.41) is 23.9. The molecule has 0 saturated carbocycles. The molecule has 1 amide bonds. The zero-order valence-electron chi connectivity index (χ0n) is 10.4. The summed E-state index contributed by atoms with van der Waals surface area (Å²) in [5.41, 5.74) is 1.09. The number of carbonyl (C=O) groups is 2. The molecule has 0 fully saturated rings. The normalized spacial score (nSPS) is 11.8. The number of benzene rings is 1. The molecule has 0 aliphatic rings. The highest BCUT2D eigenvalue weighted by Gasteiger charge is 2.19. The van der Waals surface area contributed by atoms with Gasteiger partial charge in [-0.15, -0.1) is 0 Å². The Kier molecular flexibility index (Phi) is 4.11. The molecule has 0 unspecified atom stereocenters. The second kappa shape index (κ2) is 5.98. The van der Waals surface area contributed by atoms with Gasteiger partial charge in [-0.3, -0.25) is 4.79 Å². The van der Waals surface area contributed by atoms with Crippen LogP contribution in [0.2, 0.25) is 0 Å². The number of aliphatic hydroxyl groups is 1.